The fourth-order valence-corrected chi connectivity index (χ4v) is 3.54. The van der Waals surface area contributed by atoms with E-state index in [0.29, 0.717) is 0 Å². The number of para-hydroxylation sites is 1. The Labute approximate surface area is 157 Å². The van der Waals surface area contributed by atoms with Crippen LogP contribution in [0.1, 0.15) is 45.4 Å². The van der Waals surface area contributed by atoms with Gasteiger partial charge in [0.2, 0.25) is 0 Å². The van der Waals surface area contributed by atoms with Crippen LogP contribution in [0.2, 0.25) is 0 Å². The minimum Gasteiger partial charge on any atom is -0.330 e. The highest BCUT2D eigenvalue weighted by molar-refractivity contribution is 5.85. The van der Waals surface area contributed by atoms with E-state index in [4.69, 9.17) is 10.8 Å². The lowest BCUT2D eigenvalue weighted by molar-refractivity contribution is 0.273. The SMILES string of the molecule is CC1(CN)CCN(Cc2cn(-c3ccccc3)nc2C(C)(C)C)C1.Cl. The van der Waals surface area contributed by atoms with Gasteiger partial charge in [0.1, 0.15) is 0 Å². The normalized spacial score (nSPS) is 21.3. The van der Waals surface area contributed by atoms with Gasteiger partial charge in [0.25, 0.3) is 0 Å². The molecule has 1 saturated heterocycles. The van der Waals surface area contributed by atoms with E-state index < -0.39 is 0 Å². The van der Waals surface area contributed by atoms with Gasteiger partial charge in [0.05, 0.1) is 11.4 Å². The van der Waals surface area contributed by atoms with Crippen molar-refractivity contribution in [3.63, 3.8) is 0 Å². The summed E-state index contributed by atoms with van der Waals surface area (Å²) < 4.78 is 2.02. The van der Waals surface area contributed by atoms with Gasteiger partial charge >= 0.3 is 0 Å². The Balaban J connectivity index is 0.00000225. The van der Waals surface area contributed by atoms with Crippen LogP contribution in [0.4, 0.5) is 0 Å². The molecule has 1 fully saturated rings. The second-order valence-electron chi connectivity index (χ2n) is 8.51. The van der Waals surface area contributed by atoms with Gasteiger partial charge in [0.15, 0.2) is 0 Å². The molecule has 1 aliphatic heterocycles. The van der Waals surface area contributed by atoms with Crippen molar-refractivity contribution in [2.75, 3.05) is 19.6 Å². The summed E-state index contributed by atoms with van der Waals surface area (Å²) in [5, 5.41) is 4.92. The third-order valence-corrected chi connectivity index (χ3v) is 5.04. The highest BCUT2D eigenvalue weighted by atomic mass is 35.5. The third kappa shape index (κ3) is 4.43. The topological polar surface area (TPSA) is 47.1 Å². The Morgan fingerprint density at radius 3 is 2.44 bits per heavy atom. The zero-order chi connectivity index (χ0) is 17.4. The summed E-state index contributed by atoms with van der Waals surface area (Å²) in [6.07, 6.45) is 3.38. The summed E-state index contributed by atoms with van der Waals surface area (Å²) in [6.45, 7) is 12.9. The second-order valence-corrected chi connectivity index (χ2v) is 8.51. The van der Waals surface area contributed by atoms with Crippen molar-refractivity contribution in [1.82, 2.24) is 14.7 Å². The van der Waals surface area contributed by atoms with Crippen LogP contribution in [0.25, 0.3) is 5.69 Å². The fraction of sp³-hybridized carbons (Fsp3) is 0.550. The number of nitrogens with zero attached hydrogens (tertiary/aromatic N) is 3. The number of nitrogens with two attached hydrogens (primary N) is 1. The van der Waals surface area contributed by atoms with Gasteiger partial charge in [-0.1, -0.05) is 45.9 Å². The Bertz CT molecular complexity index is 689. The Kier molecular flexibility index (Phi) is 5.97. The van der Waals surface area contributed by atoms with Crippen molar-refractivity contribution in [2.24, 2.45) is 11.1 Å². The largest absolute Gasteiger partial charge is 0.330 e. The minimum atomic E-state index is 0. The van der Waals surface area contributed by atoms with E-state index in [-0.39, 0.29) is 23.2 Å². The number of halogens is 1. The maximum absolute atomic E-state index is 5.96. The maximum atomic E-state index is 5.96. The Morgan fingerprint density at radius 1 is 1.20 bits per heavy atom. The highest BCUT2D eigenvalue weighted by Crippen LogP contribution is 2.32. The molecular formula is C20H31ClN4. The molecule has 2 aromatic rings. The number of benzene rings is 1. The molecule has 0 radical (unpaired) electrons. The van der Waals surface area contributed by atoms with Gasteiger partial charge in [0, 0.05) is 30.3 Å². The predicted molar refractivity (Wildman–Crippen MR) is 107 cm³/mol. The summed E-state index contributed by atoms with van der Waals surface area (Å²) >= 11 is 0. The van der Waals surface area contributed by atoms with Gasteiger partial charge in [-0.2, -0.15) is 5.10 Å². The van der Waals surface area contributed by atoms with Crippen LogP contribution in [0.15, 0.2) is 36.5 Å². The monoisotopic (exact) mass is 362 g/mol. The van der Waals surface area contributed by atoms with Gasteiger partial charge in [-0.15, -0.1) is 12.4 Å². The predicted octanol–water partition coefficient (Wildman–Crippen LogP) is 3.76. The second kappa shape index (κ2) is 7.48. The van der Waals surface area contributed by atoms with Crippen molar-refractivity contribution in [2.45, 2.75) is 46.1 Å². The van der Waals surface area contributed by atoms with Gasteiger partial charge < -0.3 is 5.73 Å². The molecule has 138 valence electrons. The van der Waals surface area contributed by atoms with Crippen molar-refractivity contribution < 1.29 is 0 Å². The van der Waals surface area contributed by atoms with Crippen LogP contribution in [-0.2, 0) is 12.0 Å². The average molecular weight is 363 g/mol. The van der Waals surface area contributed by atoms with Gasteiger partial charge in [-0.05, 0) is 37.1 Å². The van der Waals surface area contributed by atoms with E-state index in [1.807, 2.05) is 10.7 Å². The van der Waals surface area contributed by atoms with Crippen molar-refractivity contribution in [1.29, 1.82) is 0 Å². The van der Waals surface area contributed by atoms with Crippen LogP contribution >= 0.6 is 12.4 Å². The quantitative estimate of drug-likeness (QED) is 0.900. The molecule has 1 aromatic carbocycles. The Hall–Kier alpha value is -1.36. The molecule has 2 N–H and O–H groups in total. The van der Waals surface area contributed by atoms with Crippen molar-refractivity contribution in [3.05, 3.63) is 47.8 Å². The van der Waals surface area contributed by atoms with Crippen molar-refractivity contribution >= 4 is 12.4 Å². The molecule has 25 heavy (non-hydrogen) atoms. The van der Waals surface area contributed by atoms with E-state index in [1.165, 1.54) is 17.7 Å². The van der Waals surface area contributed by atoms with Crippen molar-refractivity contribution in [3.8, 4) is 5.69 Å². The third-order valence-electron chi connectivity index (χ3n) is 5.04. The molecule has 3 rings (SSSR count). The molecule has 0 spiro atoms. The fourth-order valence-electron chi connectivity index (χ4n) is 3.54. The number of rotatable bonds is 4. The van der Waals surface area contributed by atoms with Gasteiger partial charge in [-0.25, -0.2) is 4.68 Å². The summed E-state index contributed by atoms with van der Waals surface area (Å²) in [7, 11) is 0. The molecular weight excluding hydrogens is 332 g/mol. The van der Waals surface area contributed by atoms with Crippen LogP contribution < -0.4 is 5.73 Å². The molecule has 1 atom stereocenters. The van der Waals surface area contributed by atoms with E-state index >= 15 is 0 Å². The summed E-state index contributed by atoms with van der Waals surface area (Å²) in [5.74, 6) is 0. The first-order valence-corrected chi connectivity index (χ1v) is 8.88. The van der Waals surface area contributed by atoms with Gasteiger partial charge in [-0.3, -0.25) is 4.90 Å². The molecule has 0 saturated carbocycles. The standard InChI is InChI=1S/C20H30N4.ClH/c1-19(2,3)18-16(12-23-11-10-20(4,14-21)15-23)13-24(22-18)17-8-6-5-7-9-17;/h5-9,13H,10-12,14-15,21H2,1-4H3;1H. The van der Waals surface area contributed by atoms with Crippen LogP contribution in [0, 0.1) is 5.41 Å². The first-order chi connectivity index (χ1) is 11.3. The average Bonchev–Trinajstić information content (AvgIpc) is 3.13. The molecule has 4 nitrogen and oxygen atoms in total. The number of hydrogen-bond donors (Lipinski definition) is 1. The van der Waals surface area contributed by atoms with E-state index in [2.05, 4.69) is 63.1 Å². The zero-order valence-electron chi connectivity index (χ0n) is 15.8. The molecule has 0 amide bonds. The van der Waals surface area contributed by atoms with Crippen LogP contribution in [0.3, 0.4) is 0 Å². The van der Waals surface area contributed by atoms with E-state index in [1.54, 1.807) is 0 Å². The Morgan fingerprint density at radius 2 is 1.88 bits per heavy atom. The smallest absolute Gasteiger partial charge is 0.0727 e. The molecule has 0 bridgehead atoms. The first kappa shape index (κ1) is 20.0. The summed E-state index contributed by atoms with van der Waals surface area (Å²) in [4.78, 5) is 2.52. The lowest BCUT2D eigenvalue weighted by atomic mass is 9.89. The minimum absolute atomic E-state index is 0. The highest BCUT2D eigenvalue weighted by Gasteiger charge is 2.33. The molecule has 0 aliphatic carbocycles. The lowest BCUT2D eigenvalue weighted by Crippen LogP contribution is -2.31. The number of likely N-dealkylation sites (tertiary alicyclic amines) is 1. The summed E-state index contributed by atoms with van der Waals surface area (Å²) in [5.41, 5.74) is 9.88. The molecule has 2 heterocycles. The number of aromatic nitrogens is 2. The summed E-state index contributed by atoms with van der Waals surface area (Å²) in [6, 6.07) is 10.4. The van der Waals surface area contributed by atoms with E-state index in [9.17, 15) is 0 Å². The zero-order valence-corrected chi connectivity index (χ0v) is 16.6. The number of hydrogen-bond acceptors (Lipinski definition) is 3. The van der Waals surface area contributed by atoms with E-state index in [0.717, 1.165) is 31.9 Å². The first-order valence-electron chi connectivity index (χ1n) is 8.88. The molecule has 1 unspecified atom stereocenters. The molecule has 1 aliphatic rings. The lowest BCUT2D eigenvalue weighted by Gasteiger charge is -2.24. The molecule has 1 aromatic heterocycles. The molecule has 5 heteroatoms. The van der Waals surface area contributed by atoms with Crippen LogP contribution in [0.5, 0.6) is 0 Å². The maximum Gasteiger partial charge on any atom is 0.0727 e. The van der Waals surface area contributed by atoms with Crippen LogP contribution in [-0.4, -0.2) is 34.3 Å².